The Morgan fingerprint density at radius 2 is 1.88 bits per heavy atom. The van der Waals surface area contributed by atoms with Crippen molar-refractivity contribution in [3.05, 3.63) is 35.5 Å². The Morgan fingerprint density at radius 1 is 1.15 bits per heavy atom. The number of halogens is 1. The van der Waals surface area contributed by atoms with E-state index in [0.29, 0.717) is 17.9 Å². The number of hydrogen-bond donors (Lipinski definition) is 2. The molecule has 1 aromatic carbocycles. The Labute approximate surface area is 162 Å². The van der Waals surface area contributed by atoms with E-state index in [1.165, 1.54) is 22.2 Å². The van der Waals surface area contributed by atoms with Crippen LogP contribution in [0.4, 0.5) is 0 Å². The van der Waals surface area contributed by atoms with Gasteiger partial charge in [0.15, 0.2) is 0 Å². The summed E-state index contributed by atoms with van der Waals surface area (Å²) >= 11 is 0. The van der Waals surface area contributed by atoms with Crippen LogP contribution in [-0.2, 0) is 4.79 Å². The van der Waals surface area contributed by atoms with Crippen LogP contribution in [0, 0.1) is 12.8 Å². The lowest BCUT2D eigenvalue weighted by Crippen LogP contribution is -2.46. The lowest BCUT2D eigenvalue weighted by atomic mass is 9.86. The molecule has 0 unspecified atom stereocenters. The summed E-state index contributed by atoms with van der Waals surface area (Å²) in [4.78, 5) is 18.5. The van der Waals surface area contributed by atoms with E-state index in [1.54, 1.807) is 0 Å². The molecule has 2 atom stereocenters. The molecule has 2 aromatic rings. The summed E-state index contributed by atoms with van der Waals surface area (Å²) in [6, 6.07) is 9.05. The predicted octanol–water partition coefficient (Wildman–Crippen LogP) is 3.99. The number of fused-ring (bicyclic) bond motifs is 1. The molecular formula is C21H30ClN3O. The van der Waals surface area contributed by atoms with Crippen molar-refractivity contribution in [2.45, 2.75) is 51.5 Å². The van der Waals surface area contributed by atoms with Crippen molar-refractivity contribution in [1.82, 2.24) is 15.2 Å². The second-order valence-electron chi connectivity index (χ2n) is 7.89. The van der Waals surface area contributed by atoms with Gasteiger partial charge in [-0.3, -0.25) is 4.79 Å². The van der Waals surface area contributed by atoms with Gasteiger partial charge in [-0.2, -0.15) is 0 Å². The number of amides is 1. The normalized spacial score (nSPS) is 24.5. The Morgan fingerprint density at radius 3 is 2.62 bits per heavy atom. The van der Waals surface area contributed by atoms with Gasteiger partial charge in [0.2, 0.25) is 5.91 Å². The number of rotatable bonds is 2. The molecule has 4 rings (SSSR count). The Bertz CT molecular complexity index is 764. The van der Waals surface area contributed by atoms with E-state index >= 15 is 0 Å². The molecule has 0 radical (unpaired) electrons. The Balaban J connectivity index is 0.00000196. The fourth-order valence-electron chi connectivity index (χ4n) is 4.83. The van der Waals surface area contributed by atoms with Crippen LogP contribution in [-0.4, -0.2) is 41.5 Å². The van der Waals surface area contributed by atoms with Crippen molar-refractivity contribution >= 4 is 29.2 Å². The molecule has 2 N–H and O–H groups in total. The smallest absolute Gasteiger partial charge is 0.225 e. The first-order valence-corrected chi connectivity index (χ1v) is 9.73. The number of aromatic amines is 1. The van der Waals surface area contributed by atoms with E-state index in [-0.39, 0.29) is 18.3 Å². The van der Waals surface area contributed by atoms with Crippen LogP contribution in [0.15, 0.2) is 24.3 Å². The summed E-state index contributed by atoms with van der Waals surface area (Å²) in [6.45, 7) is 7.15. The molecule has 1 aromatic heterocycles. The molecule has 2 fully saturated rings. The number of carbonyl (C=O) groups excluding carboxylic acids is 1. The number of nitrogens with one attached hydrogen (secondary N) is 2. The first-order chi connectivity index (χ1) is 12.1. The van der Waals surface area contributed by atoms with Gasteiger partial charge >= 0.3 is 0 Å². The molecule has 0 bridgehead atoms. The summed E-state index contributed by atoms with van der Waals surface area (Å²) in [5.41, 5.74) is 3.99. The Hall–Kier alpha value is -1.52. The number of nitrogens with zero attached hydrogens (tertiary/aromatic N) is 1. The highest BCUT2D eigenvalue weighted by Gasteiger charge is 2.32. The standard InChI is InChI=1S/C21H29N3O.ClH/c1-14-13-17(7-10-22-14)21(25)24-11-8-16(9-12-24)20-15(2)23-19-6-4-3-5-18(19)20;/h3-6,14,16-17,22-23H,7-13H2,1-2H3;1H/t14-,17-;/m0./s1. The van der Waals surface area contributed by atoms with Crippen LogP contribution < -0.4 is 5.32 Å². The highest BCUT2D eigenvalue weighted by molar-refractivity contribution is 5.86. The molecule has 26 heavy (non-hydrogen) atoms. The van der Waals surface area contributed by atoms with E-state index in [4.69, 9.17) is 0 Å². The zero-order chi connectivity index (χ0) is 17.4. The number of likely N-dealkylation sites (tertiary alicyclic amines) is 1. The summed E-state index contributed by atoms with van der Waals surface area (Å²) in [6.07, 6.45) is 4.13. The number of aryl methyl sites for hydroxylation is 1. The van der Waals surface area contributed by atoms with Crippen LogP contribution in [0.1, 0.15) is 49.8 Å². The van der Waals surface area contributed by atoms with Gasteiger partial charge in [-0.25, -0.2) is 0 Å². The third kappa shape index (κ3) is 3.63. The minimum Gasteiger partial charge on any atom is -0.358 e. The van der Waals surface area contributed by atoms with Crippen molar-refractivity contribution in [3.8, 4) is 0 Å². The van der Waals surface area contributed by atoms with Crippen molar-refractivity contribution in [3.63, 3.8) is 0 Å². The van der Waals surface area contributed by atoms with Crippen molar-refractivity contribution < 1.29 is 4.79 Å². The molecule has 2 aliphatic rings. The first kappa shape index (κ1) is 19.2. The van der Waals surface area contributed by atoms with E-state index in [0.717, 1.165) is 45.3 Å². The molecule has 4 nitrogen and oxygen atoms in total. The topological polar surface area (TPSA) is 48.1 Å². The fourth-order valence-corrected chi connectivity index (χ4v) is 4.83. The van der Waals surface area contributed by atoms with E-state index in [9.17, 15) is 4.79 Å². The lowest BCUT2D eigenvalue weighted by molar-refractivity contribution is -0.137. The zero-order valence-electron chi connectivity index (χ0n) is 15.8. The third-order valence-corrected chi connectivity index (χ3v) is 6.13. The van der Waals surface area contributed by atoms with Gasteiger partial charge in [-0.05, 0) is 63.6 Å². The first-order valence-electron chi connectivity index (χ1n) is 9.73. The zero-order valence-corrected chi connectivity index (χ0v) is 16.6. The second kappa shape index (κ2) is 8.01. The number of carbonyl (C=O) groups is 1. The van der Waals surface area contributed by atoms with Gasteiger partial charge in [0, 0.05) is 41.6 Å². The van der Waals surface area contributed by atoms with Gasteiger partial charge in [0.1, 0.15) is 0 Å². The van der Waals surface area contributed by atoms with E-state index in [1.807, 2.05) is 0 Å². The number of piperidine rings is 2. The van der Waals surface area contributed by atoms with E-state index < -0.39 is 0 Å². The highest BCUT2D eigenvalue weighted by atomic mass is 35.5. The maximum atomic E-state index is 12.9. The molecule has 0 spiro atoms. The monoisotopic (exact) mass is 375 g/mol. The van der Waals surface area contributed by atoms with Crippen LogP contribution in [0.3, 0.4) is 0 Å². The van der Waals surface area contributed by atoms with Crippen LogP contribution in [0.25, 0.3) is 10.9 Å². The predicted molar refractivity (Wildman–Crippen MR) is 109 cm³/mol. The molecule has 0 saturated carbocycles. The summed E-state index contributed by atoms with van der Waals surface area (Å²) in [7, 11) is 0. The quantitative estimate of drug-likeness (QED) is 0.833. The fraction of sp³-hybridized carbons (Fsp3) is 0.571. The summed E-state index contributed by atoms with van der Waals surface area (Å²) in [5, 5.41) is 4.80. The van der Waals surface area contributed by atoms with Gasteiger partial charge < -0.3 is 15.2 Å². The van der Waals surface area contributed by atoms with Crippen LogP contribution in [0.5, 0.6) is 0 Å². The average Bonchev–Trinajstić information content (AvgIpc) is 2.97. The van der Waals surface area contributed by atoms with Crippen molar-refractivity contribution in [2.75, 3.05) is 19.6 Å². The minimum atomic E-state index is 0. The van der Waals surface area contributed by atoms with Crippen molar-refractivity contribution in [2.24, 2.45) is 5.92 Å². The molecule has 0 aliphatic carbocycles. The largest absolute Gasteiger partial charge is 0.358 e. The number of hydrogen-bond acceptors (Lipinski definition) is 2. The second-order valence-corrected chi connectivity index (χ2v) is 7.89. The molecule has 3 heterocycles. The molecule has 142 valence electrons. The van der Waals surface area contributed by atoms with E-state index in [2.05, 4.69) is 53.3 Å². The minimum absolute atomic E-state index is 0. The number of para-hydroxylation sites is 1. The van der Waals surface area contributed by atoms with Crippen LogP contribution in [0.2, 0.25) is 0 Å². The van der Waals surface area contributed by atoms with Crippen LogP contribution >= 0.6 is 12.4 Å². The summed E-state index contributed by atoms with van der Waals surface area (Å²) in [5.74, 6) is 1.18. The molecule has 1 amide bonds. The van der Waals surface area contributed by atoms with Gasteiger partial charge in [0.25, 0.3) is 0 Å². The maximum Gasteiger partial charge on any atom is 0.225 e. The lowest BCUT2D eigenvalue weighted by Gasteiger charge is -2.36. The molecular weight excluding hydrogens is 346 g/mol. The summed E-state index contributed by atoms with van der Waals surface area (Å²) < 4.78 is 0. The van der Waals surface area contributed by atoms with Gasteiger partial charge in [0.05, 0.1) is 0 Å². The number of aromatic nitrogens is 1. The highest BCUT2D eigenvalue weighted by Crippen LogP contribution is 2.36. The molecule has 2 aliphatic heterocycles. The van der Waals surface area contributed by atoms with Gasteiger partial charge in [-0.15, -0.1) is 12.4 Å². The third-order valence-electron chi connectivity index (χ3n) is 6.13. The average molecular weight is 376 g/mol. The van der Waals surface area contributed by atoms with Gasteiger partial charge in [-0.1, -0.05) is 18.2 Å². The SMILES string of the molecule is Cc1[nH]c2ccccc2c1C1CCN(C(=O)[C@H]2CCN[C@@H](C)C2)CC1.Cl. The van der Waals surface area contributed by atoms with Crippen molar-refractivity contribution in [1.29, 1.82) is 0 Å². The molecule has 2 saturated heterocycles. The maximum absolute atomic E-state index is 12.9. The number of H-pyrrole nitrogens is 1. The molecule has 5 heteroatoms. The number of benzene rings is 1. The Kier molecular flexibility index (Phi) is 5.93.